The fourth-order valence-corrected chi connectivity index (χ4v) is 3.84. The number of nitrogens with zero attached hydrogens (tertiary/aromatic N) is 2. The Labute approximate surface area is 213 Å². The van der Waals surface area contributed by atoms with Crippen LogP contribution in [-0.2, 0) is 16.0 Å². The van der Waals surface area contributed by atoms with Gasteiger partial charge in [0.1, 0.15) is 5.75 Å². The Bertz CT molecular complexity index is 1310. The van der Waals surface area contributed by atoms with Crippen molar-refractivity contribution in [2.24, 2.45) is 5.92 Å². The first-order valence-electron chi connectivity index (χ1n) is 10.9. The minimum Gasteiger partial charge on any atom is -0.473 e. The Kier molecular flexibility index (Phi) is 9.23. The number of hydrogen-bond donors (Lipinski definition) is 4. The van der Waals surface area contributed by atoms with Gasteiger partial charge in [-0.1, -0.05) is 12.2 Å². The average Bonchev–Trinajstić information content (AvgIpc) is 3.20. The lowest BCUT2D eigenvalue weighted by Gasteiger charge is -2.13. The van der Waals surface area contributed by atoms with Crippen molar-refractivity contribution in [3.63, 3.8) is 0 Å². The number of H-pyrrole nitrogens is 2. The number of nitrogens with one attached hydrogen (secondary N) is 4. The zero-order valence-electron chi connectivity index (χ0n) is 19.3. The standard InChI is InChI=1S/C24H26N6O3S2/c1-3-32-22(31)17(14-25)6-4-5-16-13-20(11-12-21(16)26-2)33-15-27-18-7-9-19(10-8-18)30-23(34)28-29-24(30)35/h4,6-13,17,26-27H,3,5,15H2,1-2H3,(H,28,34)(H,29,35). The van der Waals surface area contributed by atoms with Crippen LogP contribution in [0.1, 0.15) is 12.5 Å². The molecule has 3 aromatic rings. The van der Waals surface area contributed by atoms with Crippen LogP contribution in [-0.4, -0.2) is 41.1 Å². The number of hydrogen-bond acceptors (Lipinski definition) is 8. The van der Waals surface area contributed by atoms with Gasteiger partial charge in [-0.3, -0.25) is 19.6 Å². The fourth-order valence-electron chi connectivity index (χ4n) is 3.29. The summed E-state index contributed by atoms with van der Waals surface area (Å²) in [6, 6.07) is 15.3. The van der Waals surface area contributed by atoms with Crippen LogP contribution in [0, 0.1) is 26.8 Å². The topological polar surface area (TPSA) is 120 Å². The van der Waals surface area contributed by atoms with Gasteiger partial charge >= 0.3 is 5.97 Å². The van der Waals surface area contributed by atoms with Crippen LogP contribution in [0.3, 0.4) is 0 Å². The Morgan fingerprint density at radius 2 is 1.91 bits per heavy atom. The van der Waals surface area contributed by atoms with Crippen LogP contribution in [0.25, 0.3) is 5.69 Å². The first-order valence-corrected chi connectivity index (χ1v) is 11.7. The number of aromatic nitrogens is 3. The number of ether oxygens (including phenoxy) is 2. The first kappa shape index (κ1) is 25.7. The molecule has 0 aliphatic rings. The van der Waals surface area contributed by atoms with Gasteiger partial charge in [0.2, 0.25) is 0 Å². The van der Waals surface area contributed by atoms with E-state index in [0.717, 1.165) is 22.6 Å². The normalized spacial score (nSPS) is 11.6. The summed E-state index contributed by atoms with van der Waals surface area (Å²) in [6.45, 7) is 2.21. The molecule has 4 N–H and O–H groups in total. The van der Waals surface area contributed by atoms with Gasteiger partial charge in [0.25, 0.3) is 0 Å². The van der Waals surface area contributed by atoms with Crippen LogP contribution >= 0.6 is 24.4 Å². The second kappa shape index (κ2) is 12.5. The Balaban J connectivity index is 1.60. The van der Waals surface area contributed by atoms with Crippen molar-refractivity contribution in [2.45, 2.75) is 13.3 Å². The second-order valence-corrected chi connectivity index (χ2v) is 8.04. The molecule has 182 valence electrons. The maximum absolute atomic E-state index is 11.8. The summed E-state index contributed by atoms with van der Waals surface area (Å²) in [7, 11) is 1.83. The molecule has 0 saturated heterocycles. The van der Waals surface area contributed by atoms with Crippen LogP contribution in [0.5, 0.6) is 5.75 Å². The molecule has 0 fully saturated rings. The Morgan fingerprint density at radius 1 is 1.20 bits per heavy atom. The van der Waals surface area contributed by atoms with E-state index in [-0.39, 0.29) is 13.3 Å². The highest BCUT2D eigenvalue weighted by atomic mass is 32.1. The predicted molar refractivity (Wildman–Crippen MR) is 140 cm³/mol. The molecule has 3 rings (SSSR count). The molecule has 11 heteroatoms. The fraction of sp³-hybridized carbons (Fsp3) is 0.250. The number of anilines is 2. The zero-order valence-corrected chi connectivity index (χ0v) is 21.0. The number of carbonyl (C=O) groups is 1. The molecule has 1 heterocycles. The third-order valence-corrected chi connectivity index (χ3v) is 5.58. The van der Waals surface area contributed by atoms with Crippen molar-refractivity contribution in [1.82, 2.24) is 14.8 Å². The number of carbonyl (C=O) groups excluding carboxylic acids is 1. The molecule has 1 unspecified atom stereocenters. The molecule has 2 aromatic carbocycles. The number of benzene rings is 2. The largest absolute Gasteiger partial charge is 0.473 e. The number of nitriles is 1. The molecule has 1 aromatic heterocycles. The summed E-state index contributed by atoms with van der Waals surface area (Å²) in [5, 5.41) is 21.2. The second-order valence-electron chi connectivity index (χ2n) is 7.27. The molecule has 1 atom stereocenters. The highest BCUT2D eigenvalue weighted by Crippen LogP contribution is 2.23. The van der Waals surface area contributed by atoms with Crippen molar-refractivity contribution in [3.8, 4) is 17.5 Å². The number of allylic oxidation sites excluding steroid dienone is 1. The van der Waals surface area contributed by atoms with Crippen LogP contribution in [0.2, 0.25) is 0 Å². The minimum absolute atomic E-state index is 0.238. The van der Waals surface area contributed by atoms with E-state index in [1.807, 2.05) is 55.6 Å². The maximum Gasteiger partial charge on any atom is 0.327 e. The molecule has 9 nitrogen and oxygen atoms in total. The number of rotatable bonds is 11. The van der Waals surface area contributed by atoms with Crippen molar-refractivity contribution >= 4 is 41.8 Å². The molecule has 0 saturated carbocycles. The van der Waals surface area contributed by atoms with E-state index >= 15 is 0 Å². The van der Waals surface area contributed by atoms with Crippen LogP contribution < -0.4 is 15.4 Å². The molecule has 0 radical (unpaired) electrons. The van der Waals surface area contributed by atoms with Crippen molar-refractivity contribution in [2.75, 3.05) is 31.0 Å². The lowest BCUT2D eigenvalue weighted by Crippen LogP contribution is -2.14. The summed E-state index contributed by atoms with van der Waals surface area (Å²) in [4.78, 5) is 11.8. The van der Waals surface area contributed by atoms with Gasteiger partial charge in [-0.15, -0.1) is 0 Å². The molecule has 0 bridgehead atoms. The third kappa shape index (κ3) is 6.81. The lowest BCUT2D eigenvalue weighted by atomic mass is 10.1. The van der Waals surface area contributed by atoms with Gasteiger partial charge in [-0.25, -0.2) is 0 Å². The predicted octanol–water partition coefficient (Wildman–Crippen LogP) is 4.88. The summed E-state index contributed by atoms with van der Waals surface area (Å²) in [6.07, 6.45) is 3.86. The van der Waals surface area contributed by atoms with E-state index in [0.29, 0.717) is 21.7 Å². The van der Waals surface area contributed by atoms with Crippen LogP contribution in [0.15, 0.2) is 54.6 Å². The van der Waals surface area contributed by atoms with E-state index in [9.17, 15) is 10.1 Å². The molecule has 0 aliphatic heterocycles. The van der Waals surface area contributed by atoms with E-state index in [4.69, 9.17) is 33.9 Å². The summed E-state index contributed by atoms with van der Waals surface area (Å²) < 4.78 is 13.5. The molecule has 0 spiro atoms. The van der Waals surface area contributed by atoms with E-state index in [2.05, 4.69) is 20.8 Å². The van der Waals surface area contributed by atoms with E-state index < -0.39 is 11.9 Å². The first-order chi connectivity index (χ1) is 17.0. The minimum atomic E-state index is -0.924. The van der Waals surface area contributed by atoms with Crippen molar-refractivity contribution < 1.29 is 14.3 Å². The quantitative estimate of drug-likeness (QED) is 0.125. The van der Waals surface area contributed by atoms with Gasteiger partial charge in [0, 0.05) is 18.4 Å². The third-order valence-electron chi connectivity index (χ3n) is 5.02. The van der Waals surface area contributed by atoms with Crippen molar-refractivity contribution in [1.29, 1.82) is 5.26 Å². The Morgan fingerprint density at radius 3 is 2.54 bits per heavy atom. The van der Waals surface area contributed by atoms with Crippen molar-refractivity contribution in [3.05, 3.63) is 69.7 Å². The zero-order chi connectivity index (χ0) is 25.2. The highest BCUT2D eigenvalue weighted by molar-refractivity contribution is 7.72. The monoisotopic (exact) mass is 510 g/mol. The molecular weight excluding hydrogens is 484 g/mol. The molecule has 0 amide bonds. The van der Waals surface area contributed by atoms with Gasteiger partial charge < -0.3 is 20.1 Å². The van der Waals surface area contributed by atoms with Gasteiger partial charge in [-0.05, 0) is 85.8 Å². The van der Waals surface area contributed by atoms with Gasteiger partial charge in [0.15, 0.2) is 22.2 Å². The molecule has 35 heavy (non-hydrogen) atoms. The van der Waals surface area contributed by atoms with Crippen LogP contribution in [0.4, 0.5) is 11.4 Å². The van der Waals surface area contributed by atoms with E-state index in [1.54, 1.807) is 23.6 Å². The summed E-state index contributed by atoms with van der Waals surface area (Å²) >= 11 is 10.5. The van der Waals surface area contributed by atoms with E-state index in [1.165, 1.54) is 0 Å². The number of esters is 1. The number of aromatic amines is 2. The summed E-state index contributed by atoms with van der Waals surface area (Å²) in [5.41, 5.74) is 3.62. The smallest absolute Gasteiger partial charge is 0.327 e. The summed E-state index contributed by atoms with van der Waals surface area (Å²) in [5.74, 6) is -0.786. The average molecular weight is 511 g/mol. The highest BCUT2D eigenvalue weighted by Gasteiger charge is 2.15. The van der Waals surface area contributed by atoms with Gasteiger partial charge in [0.05, 0.1) is 18.4 Å². The van der Waals surface area contributed by atoms with Gasteiger partial charge in [-0.2, -0.15) is 5.26 Å². The molecule has 0 aliphatic carbocycles. The maximum atomic E-state index is 11.8. The molecular formula is C24H26N6O3S2. The Hall–Kier alpha value is -3.88. The lowest BCUT2D eigenvalue weighted by molar-refractivity contribution is -0.144. The SMILES string of the molecule is CCOC(=O)C(C#N)C=CCc1cc(OCNc2ccc(-n3c(=S)[nH][nH]c3=S)cc2)ccc1NC.